The van der Waals surface area contributed by atoms with Gasteiger partial charge in [0.2, 0.25) is 12.3 Å². The summed E-state index contributed by atoms with van der Waals surface area (Å²) in [4.78, 5) is 31.6. The van der Waals surface area contributed by atoms with Gasteiger partial charge in [0.05, 0.1) is 13.4 Å². The van der Waals surface area contributed by atoms with Gasteiger partial charge in [-0.05, 0) is 30.5 Å². The van der Waals surface area contributed by atoms with Crippen LogP contribution >= 0.6 is 0 Å². The number of fused-ring (bicyclic) bond motifs is 1. The number of methoxy groups -OCH3 is 1. The van der Waals surface area contributed by atoms with E-state index in [2.05, 4.69) is 10.3 Å². The van der Waals surface area contributed by atoms with Crippen molar-refractivity contribution < 1.29 is 19.4 Å². The average molecular weight is 387 g/mol. The van der Waals surface area contributed by atoms with Gasteiger partial charge in [-0.2, -0.15) is 0 Å². The maximum Gasteiger partial charge on any atom is 0.277 e. The minimum Gasteiger partial charge on any atom is -0.497 e. The van der Waals surface area contributed by atoms with Gasteiger partial charge in [-0.3, -0.25) is 14.5 Å². The van der Waals surface area contributed by atoms with Crippen molar-refractivity contribution in [1.29, 1.82) is 0 Å². The van der Waals surface area contributed by atoms with Crippen LogP contribution in [0.25, 0.3) is 0 Å². The molecule has 1 aliphatic rings. The number of nitrogens with one attached hydrogen (secondary N) is 1. The van der Waals surface area contributed by atoms with E-state index in [0.29, 0.717) is 18.1 Å². The number of aliphatic hydroxyl groups is 1. The Bertz CT molecular complexity index is 849. The van der Waals surface area contributed by atoms with Gasteiger partial charge in [0, 0.05) is 20.6 Å². The number of rotatable bonds is 7. The summed E-state index contributed by atoms with van der Waals surface area (Å²) in [5, 5.41) is 12.9. The smallest absolute Gasteiger partial charge is 0.277 e. The number of aliphatic hydroxyl groups excluding tert-OH is 1. The van der Waals surface area contributed by atoms with Crippen molar-refractivity contribution in [2.45, 2.75) is 25.7 Å². The SMILES string of the molecule is COc1ccc(CCCNC(=O)Cn2cnc3c2C(=O)N(C)C(O)N3C)cc1. The number of hydrogen-bond acceptors (Lipinski definition) is 6. The molecule has 1 unspecified atom stereocenters. The topological polar surface area (TPSA) is 99.9 Å². The van der Waals surface area contributed by atoms with E-state index in [0.717, 1.165) is 18.6 Å². The average Bonchev–Trinajstić information content (AvgIpc) is 3.12. The van der Waals surface area contributed by atoms with Gasteiger partial charge < -0.3 is 24.6 Å². The van der Waals surface area contributed by atoms with Crippen LogP contribution in [0.4, 0.5) is 5.82 Å². The van der Waals surface area contributed by atoms with Crippen molar-refractivity contribution in [3.8, 4) is 5.75 Å². The van der Waals surface area contributed by atoms with Gasteiger partial charge in [-0.15, -0.1) is 0 Å². The molecule has 1 aliphatic heterocycles. The first kappa shape index (κ1) is 19.7. The third kappa shape index (κ3) is 3.94. The van der Waals surface area contributed by atoms with Crippen LogP contribution in [0.5, 0.6) is 5.75 Å². The first-order chi connectivity index (χ1) is 13.4. The number of ether oxygens (including phenoxy) is 1. The maximum absolute atomic E-state index is 12.4. The molecule has 1 aromatic heterocycles. The second-order valence-corrected chi connectivity index (χ2v) is 6.72. The predicted octanol–water partition coefficient (Wildman–Crippen LogP) is 0.438. The molecule has 1 aromatic carbocycles. The highest BCUT2D eigenvalue weighted by atomic mass is 16.5. The second-order valence-electron chi connectivity index (χ2n) is 6.72. The van der Waals surface area contributed by atoms with E-state index in [1.54, 1.807) is 14.2 Å². The van der Waals surface area contributed by atoms with Gasteiger partial charge in [-0.1, -0.05) is 12.1 Å². The number of imidazole rings is 1. The van der Waals surface area contributed by atoms with E-state index >= 15 is 0 Å². The molecule has 2 aromatic rings. The van der Waals surface area contributed by atoms with Crippen molar-refractivity contribution in [3.05, 3.63) is 41.9 Å². The molecule has 0 saturated heterocycles. The molecule has 2 amide bonds. The number of nitrogens with zero attached hydrogens (tertiary/aromatic N) is 4. The molecule has 150 valence electrons. The zero-order valence-electron chi connectivity index (χ0n) is 16.3. The lowest BCUT2D eigenvalue weighted by molar-refractivity contribution is -0.121. The first-order valence-corrected chi connectivity index (χ1v) is 9.05. The van der Waals surface area contributed by atoms with E-state index in [4.69, 9.17) is 4.74 Å². The van der Waals surface area contributed by atoms with Crippen LogP contribution in [-0.2, 0) is 17.8 Å². The first-order valence-electron chi connectivity index (χ1n) is 9.05. The Morgan fingerprint density at radius 1 is 1.25 bits per heavy atom. The zero-order valence-corrected chi connectivity index (χ0v) is 16.3. The molecule has 0 fully saturated rings. The van der Waals surface area contributed by atoms with Crippen LogP contribution < -0.4 is 15.0 Å². The molecular weight excluding hydrogens is 362 g/mol. The van der Waals surface area contributed by atoms with Gasteiger partial charge in [0.1, 0.15) is 12.3 Å². The lowest BCUT2D eigenvalue weighted by Gasteiger charge is -2.36. The number of amides is 2. The second kappa shape index (κ2) is 8.30. The maximum atomic E-state index is 12.4. The number of hydrogen-bond donors (Lipinski definition) is 2. The molecule has 0 saturated carbocycles. The number of carbonyl (C=O) groups excluding carboxylic acids is 2. The molecule has 2 heterocycles. The summed E-state index contributed by atoms with van der Waals surface area (Å²) in [7, 11) is 4.78. The lowest BCUT2D eigenvalue weighted by atomic mass is 10.1. The lowest BCUT2D eigenvalue weighted by Crippen LogP contribution is -2.52. The molecule has 9 nitrogen and oxygen atoms in total. The monoisotopic (exact) mass is 387 g/mol. The van der Waals surface area contributed by atoms with Crippen molar-refractivity contribution in [1.82, 2.24) is 19.8 Å². The Morgan fingerprint density at radius 3 is 2.64 bits per heavy atom. The van der Waals surface area contributed by atoms with Crippen molar-refractivity contribution in [3.63, 3.8) is 0 Å². The van der Waals surface area contributed by atoms with Crippen LogP contribution in [-0.4, -0.2) is 65.5 Å². The Labute approximate surface area is 163 Å². The molecule has 0 spiro atoms. The fraction of sp³-hybridized carbons (Fsp3) is 0.421. The highest BCUT2D eigenvalue weighted by Gasteiger charge is 2.36. The third-order valence-electron chi connectivity index (χ3n) is 4.81. The van der Waals surface area contributed by atoms with Gasteiger partial charge >= 0.3 is 0 Å². The Kier molecular flexibility index (Phi) is 5.84. The van der Waals surface area contributed by atoms with Crippen LogP contribution in [0.15, 0.2) is 30.6 Å². The van der Waals surface area contributed by atoms with Gasteiger partial charge in [0.25, 0.3) is 5.91 Å². The number of aromatic nitrogens is 2. The van der Waals surface area contributed by atoms with E-state index < -0.39 is 6.35 Å². The quantitative estimate of drug-likeness (QED) is 0.669. The molecular formula is C19H25N5O4. The largest absolute Gasteiger partial charge is 0.497 e. The van der Waals surface area contributed by atoms with E-state index in [1.165, 1.54) is 33.3 Å². The summed E-state index contributed by atoms with van der Waals surface area (Å²) in [5.74, 6) is 0.617. The molecule has 0 aliphatic carbocycles. The fourth-order valence-electron chi connectivity index (χ4n) is 3.13. The summed E-state index contributed by atoms with van der Waals surface area (Å²) in [6, 6.07) is 7.84. The molecule has 0 radical (unpaired) electrons. The predicted molar refractivity (Wildman–Crippen MR) is 103 cm³/mol. The summed E-state index contributed by atoms with van der Waals surface area (Å²) in [6.07, 6.45) is 2.02. The van der Waals surface area contributed by atoms with Gasteiger partial charge in [-0.25, -0.2) is 4.98 Å². The summed E-state index contributed by atoms with van der Waals surface area (Å²) in [5.41, 5.74) is 1.47. The Hall–Kier alpha value is -3.07. The van der Waals surface area contributed by atoms with E-state index in [9.17, 15) is 14.7 Å². The molecule has 1 atom stereocenters. The summed E-state index contributed by atoms with van der Waals surface area (Å²) < 4.78 is 6.64. The summed E-state index contributed by atoms with van der Waals surface area (Å²) >= 11 is 0. The Morgan fingerprint density at radius 2 is 1.96 bits per heavy atom. The van der Waals surface area contributed by atoms with Crippen LogP contribution in [0.1, 0.15) is 22.5 Å². The van der Waals surface area contributed by atoms with Crippen molar-refractivity contribution >= 4 is 17.6 Å². The molecule has 2 N–H and O–H groups in total. The van der Waals surface area contributed by atoms with Crippen LogP contribution in [0.2, 0.25) is 0 Å². The van der Waals surface area contributed by atoms with Crippen molar-refractivity contribution in [2.24, 2.45) is 0 Å². The third-order valence-corrected chi connectivity index (χ3v) is 4.81. The highest BCUT2D eigenvalue weighted by molar-refractivity contribution is 5.99. The zero-order chi connectivity index (χ0) is 20.3. The highest BCUT2D eigenvalue weighted by Crippen LogP contribution is 2.26. The normalized spacial score (nSPS) is 16.1. The molecule has 3 rings (SSSR count). The van der Waals surface area contributed by atoms with Crippen molar-refractivity contribution in [2.75, 3.05) is 32.6 Å². The van der Waals surface area contributed by atoms with E-state index in [1.807, 2.05) is 24.3 Å². The number of benzene rings is 1. The van der Waals surface area contributed by atoms with Crippen LogP contribution in [0.3, 0.4) is 0 Å². The Balaban J connectivity index is 1.52. The minimum atomic E-state index is -1.07. The minimum absolute atomic E-state index is 0.00557. The number of aryl methyl sites for hydroxylation is 1. The van der Waals surface area contributed by atoms with Gasteiger partial charge in [0.15, 0.2) is 11.5 Å². The number of anilines is 1. The summed E-state index contributed by atoms with van der Waals surface area (Å²) in [6.45, 7) is 0.530. The molecule has 9 heteroatoms. The standard InChI is InChI=1S/C19H25N5O4/c1-22-17-16(18(26)23(2)19(22)27)24(12-21-17)11-15(25)20-10-4-5-13-6-8-14(28-3)9-7-13/h6-9,12,19,27H,4-5,10-11H2,1-3H3,(H,20,25). The number of carbonyl (C=O) groups is 2. The van der Waals surface area contributed by atoms with Crippen LogP contribution in [0, 0.1) is 0 Å². The molecule has 28 heavy (non-hydrogen) atoms. The fourth-order valence-corrected chi connectivity index (χ4v) is 3.13. The molecule has 0 bridgehead atoms. The van der Waals surface area contributed by atoms with E-state index in [-0.39, 0.29) is 18.4 Å².